The summed E-state index contributed by atoms with van der Waals surface area (Å²) >= 11 is 0. The van der Waals surface area contributed by atoms with Crippen molar-refractivity contribution in [1.82, 2.24) is 0 Å². The number of carbonyl (C=O) groups excluding carboxylic acids is 2. The number of hydrogen-bond donors (Lipinski definition) is 2. The van der Waals surface area contributed by atoms with Gasteiger partial charge in [-0.15, -0.1) is 0 Å². The van der Waals surface area contributed by atoms with E-state index >= 15 is 0 Å². The van der Waals surface area contributed by atoms with Gasteiger partial charge in [0.25, 0.3) is 0 Å². The Kier molecular flexibility index (Phi) is 5.60. The van der Waals surface area contributed by atoms with E-state index in [-0.39, 0.29) is 17.8 Å². The third-order valence-electron chi connectivity index (χ3n) is 5.60. The molecule has 0 radical (unpaired) electrons. The van der Waals surface area contributed by atoms with Crippen LogP contribution in [0.15, 0.2) is 42.5 Å². The highest BCUT2D eigenvalue weighted by Gasteiger charge is 2.25. The van der Waals surface area contributed by atoms with Crippen molar-refractivity contribution in [3.05, 3.63) is 59.2 Å². The Balaban J connectivity index is 1.25. The molecule has 2 N–H and O–H groups in total. The standard InChI is InChI=1S/C23H26N2O3/c26-22(17-3-1-4-17)25-20-9-6-16(7-10-20)12-14-28-23(27)19-8-11-21-18(15-19)5-2-13-24-21/h6-11,15,17,24H,1-5,12-14H2,(H,25,26). The van der Waals surface area contributed by atoms with Gasteiger partial charge < -0.3 is 15.4 Å². The summed E-state index contributed by atoms with van der Waals surface area (Å²) in [5, 5.41) is 6.31. The number of esters is 1. The molecule has 1 aliphatic heterocycles. The molecule has 0 aromatic heterocycles. The van der Waals surface area contributed by atoms with Crippen molar-refractivity contribution in [3.8, 4) is 0 Å². The minimum absolute atomic E-state index is 0.119. The number of rotatable bonds is 6. The summed E-state index contributed by atoms with van der Waals surface area (Å²) in [6, 6.07) is 13.5. The first-order chi connectivity index (χ1) is 13.7. The summed E-state index contributed by atoms with van der Waals surface area (Å²) in [6.07, 6.45) is 5.87. The maximum Gasteiger partial charge on any atom is 0.338 e. The topological polar surface area (TPSA) is 67.4 Å². The fourth-order valence-corrected chi connectivity index (χ4v) is 3.62. The number of benzene rings is 2. The van der Waals surface area contributed by atoms with Crippen LogP contribution in [-0.4, -0.2) is 25.0 Å². The van der Waals surface area contributed by atoms with E-state index in [1.54, 1.807) is 0 Å². The normalized spacial score (nSPS) is 15.7. The largest absolute Gasteiger partial charge is 0.462 e. The Morgan fingerprint density at radius 3 is 2.64 bits per heavy atom. The number of hydrogen-bond acceptors (Lipinski definition) is 4. The highest BCUT2D eigenvalue weighted by Crippen LogP contribution is 2.27. The van der Waals surface area contributed by atoms with Gasteiger partial charge in [-0.1, -0.05) is 18.6 Å². The Labute approximate surface area is 165 Å². The molecule has 1 aliphatic carbocycles. The number of anilines is 2. The van der Waals surface area contributed by atoms with Crippen LogP contribution in [0.5, 0.6) is 0 Å². The molecule has 4 rings (SSSR count). The van der Waals surface area contributed by atoms with Crippen molar-refractivity contribution in [2.45, 2.75) is 38.5 Å². The Bertz CT molecular complexity index is 857. The average Bonchev–Trinajstić information content (AvgIpc) is 2.67. The van der Waals surface area contributed by atoms with Crippen molar-refractivity contribution < 1.29 is 14.3 Å². The van der Waals surface area contributed by atoms with Crippen molar-refractivity contribution in [2.75, 3.05) is 23.8 Å². The Hall–Kier alpha value is -2.82. The SMILES string of the molecule is O=C(OCCc1ccc(NC(=O)C2CCC2)cc1)c1ccc2c(c1)CCCN2. The van der Waals surface area contributed by atoms with Crippen LogP contribution in [0.3, 0.4) is 0 Å². The summed E-state index contributed by atoms with van der Waals surface area (Å²) < 4.78 is 5.44. The third-order valence-corrected chi connectivity index (χ3v) is 5.60. The summed E-state index contributed by atoms with van der Waals surface area (Å²) in [5.41, 5.74) is 4.80. The lowest BCUT2D eigenvalue weighted by Crippen LogP contribution is -2.27. The molecule has 0 spiro atoms. The molecule has 5 nitrogen and oxygen atoms in total. The molecule has 28 heavy (non-hydrogen) atoms. The minimum Gasteiger partial charge on any atom is -0.462 e. The van der Waals surface area contributed by atoms with Crippen molar-refractivity contribution >= 4 is 23.3 Å². The number of amides is 1. The maximum atomic E-state index is 12.3. The lowest BCUT2D eigenvalue weighted by atomic mass is 9.85. The lowest BCUT2D eigenvalue weighted by Gasteiger charge is -2.24. The quantitative estimate of drug-likeness (QED) is 0.740. The first kappa shape index (κ1) is 18.5. The molecular weight excluding hydrogens is 352 g/mol. The van der Waals surface area contributed by atoms with Gasteiger partial charge in [0.2, 0.25) is 5.91 Å². The zero-order valence-electron chi connectivity index (χ0n) is 16.0. The molecule has 1 amide bonds. The molecule has 146 valence electrons. The van der Waals surface area contributed by atoms with Gasteiger partial charge in [0.1, 0.15) is 0 Å². The summed E-state index contributed by atoms with van der Waals surface area (Å²) in [5.74, 6) is 0.0180. The molecule has 1 heterocycles. The highest BCUT2D eigenvalue weighted by atomic mass is 16.5. The number of nitrogens with one attached hydrogen (secondary N) is 2. The molecule has 0 unspecified atom stereocenters. The van der Waals surface area contributed by atoms with Crippen LogP contribution in [0.4, 0.5) is 11.4 Å². The van der Waals surface area contributed by atoms with E-state index in [1.165, 1.54) is 5.56 Å². The lowest BCUT2D eigenvalue weighted by molar-refractivity contribution is -0.122. The van der Waals surface area contributed by atoms with Gasteiger partial charge in [-0.05, 0) is 67.1 Å². The molecule has 0 saturated heterocycles. The van der Waals surface area contributed by atoms with E-state index in [4.69, 9.17) is 4.74 Å². The number of fused-ring (bicyclic) bond motifs is 1. The van der Waals surface area contributed by atoms with Gasteiger partial charge >= 0.3 is 5.97 Å². The van der Waals surface area contributed by atoms with E-state index in [0.29, 0.717) is 18.6 Å². The van der Waals surface area contributed by atoms with Gasteiger partial charge in [-0.25, -0.2) is 4.79 Å². The molecule has 1 fully saturated rings. The van der Waals surface area contributed by atoms with Crippen LogP contribution in [-0.2, 0) is 22.4 Å². The highest BCUT2D eigenvalue weighted by molar-refractivity contribution is 5.93. The Morgan fingerprint density at radius 1 is 1.07 bits per heavy atom. The van der Waals surface area contributed by atoms with Crippen molar-refractivity contribution in [1.29, 1.82) is 0 Å². The maximum absolute atomic E-state index is 12.3. The van der Waals surface area contributed by atoms with Crippen molar-refractivity contribution in [3.63, 3.8) is 0 Å². The first-order valence-electron chi connectivity index (χ1n) is 10.1. The first-order valence-corrected chi connectivity index (χ1v) is 10.1. The molecule has 2 aromatic carbocycles. The Morgan fingerprint density at radius 2 is 1.89 bits per heavy atom. The van der Waals surface area contributed by atoms with E-state index in [0.717, 1.165) is 55.6 Å². The number of carbonyl (C=O) groups is 2. The predicted octanol–water partition coefficient (Wildman–Crippen LogP) is 4.18. The second-order valence-electron chi connectivity index (χ2n) is 7.60. The molecule has 0 atom stereocenters. The molecule has 2 aromatic rings. The molecular formula is C23H26N2O3. The molecule has 5 heteroatoms. The fraction of sp³-hybridized carbons (Fsp3) is 0.391. The molecule has 2 aliphatic rings. The monoisotopic (exact) mass is 378 g/mol. The van der Waals surface area contributed by atoms with Crippen LogP contribution in [0, 0.1) is 5.92 Å². The van der Waals surface area contributed by atoms with E-state index < -0.39 is 0 Å². The summed E-state index contributed by atoms with van der Waals surface area (Å²) in [7, 11) is 0. The van der Waals surface area contributed by atoms with E-state index in [1.807, 2.05) is 42.5 Å². The molecule has 0 bridgehead atoms. The minimum atomic E-state index is -0.280. The summed E-state index contributed by atoms with van der Waals surface area (Å²) in [4.78, 5) is 24.3. The smallest absolute Gasteiger partial charge is 0.338 e. The molecule has 1 saturated carbocycles. The second kappa shape index (κ2) is 8.46. The van der Waals surface area contributed by atoms with E-state index in [2.05, 4.69) is 10.6 Å². The second-order valence-corrected chi connectivity index (χ2v) is 7.60. The third kappa shape index (κ3) is 4.35. The van der Waals surface area contributed by atoms with Crippen molar-refractivity contribution in [2.24, 2.45) is 5.92 Å². The van der Waals surface area contributed by atoms with Gasteiger partial charge in [-0.3, -0.25) is 4.79 Å². The van der Waals surface area contributed by atoms with Crippen LogP contribution >= 0.6 is 0 Å². The van der Waals surface area contributed by atoms with E-state index in [9.17, 15) is 9.59 Å². The van der Waals surface area contributed by atoms with Gasteiger partial charge in [0, 0.05) is 30.3 Å². The van der Waals surface area contributed by atoms with Gasteiger partial charge in [-0.2, -0.15) is 0 Å². The summed E-state index contributed by atoms with van der Waals surface area (Å²) in [6.45, 7) is 1.32. The average molecular weight is 378 g/mol. The zero-order chi connectivity index (χ0) is 19.3. The van der Waals surface area contributed by atoms with Crippen LogP contribution in [0.1, 0.15) is 47.2 Å². The number of ether oxygens (including phenoxy) is 1. The zero-order valence-corrected chi connectivity index (χ0v) is 16.0. The fourth-order valence-electron chi connectivity index (χ4n) is 3.62. The van der Waals surface area contributed by atoms with Crippen LogP contribution in [0.2, 0.25) is 0 Å². The number of aryl methyl sites for hydroxylation is 1. The van der Waals surface area contributed by atoms with Crippen LogP contribution < -0.4 is 10.6 Å². The predicted molar refractivity (Wildman–Crippen MR) is 110 cm³/mol. The van der Waals surface area contributed by atoms with Gasteiger partial charge in [0.15, 0.2) is 0 Å². The van der Waals surface area contributed by atoms with Crippen LogP contribution in [0.25, 0.3) is 0 Å². The van der Waals surface area contributed by atoms with Gasteiger partial charge in [0.05, 0.1) is 12.2 Å².